The first-order valence-electron chi connectivity index (χ1n) is 8.61. The summed E-state index contributed by atoms with van der Waals surface area (Å²) in [4.78, 5) is 21.9. The SMILES string of the molecule is CNN(C)c1ccc(N=Nc2ccc(S(=O)(=O)OC(=O)[C@@H](N)CC(=O)O)cc2)cc1. The van der Waals surface area contributed by atoms with Gasteiger partial charge in [0, 0.05) is 14.1 Å². The molecule has 30 heavy (non-hydrogen) atoms. The van der Waals surface area contributed by atoms with Crippen molar-refractivity contribution in [1.29, 1.82) is 0 Å². The molecule has 12 heteroatoms. The molecule has 11 nitrogen and oxygen atoms in total. The fourth-order valence-corrected chi connectivity index (χ4v) is 3.06. The number of nitrogens with zero attached hydrogens (tertiary/aromatic N) is 3. The van der Waals surface area contributed by atoms with Crippen molar-refractivity contribution in [2.45, 2.75) is 17.4 Å². The molecule has 0 fully saturated rings. The van der Waals surface area contributed by atoms with Gasteiger partial charge in [-0.2, -0.15) is 18.6 Å². The minimum absolute atomic E-state index is 0.309. The van der Waals surface area contributed by atoms with Crippen molar-refractivity contribution >= 4 is 39.1 Å². The lowest BCUT2D eigenvalue weighted by atomic mass is 10.2. The summed E-state index contributed by atoms with van der Waals surface area (Å²) < 4.78 is 28.6. The number of hydrazine groups is 1. The normalized spacial score (nSPS) is 12.5. The lowest BCUT2D eigenvalue weighted by molar-refractivity contribution is -0.143. The van der Waals surface area contributed by atoms with E-state index in [1.807, 2.05) is 24.2 Å². The van der Waals surface area contributed by atoms with Gasteiger partial charge in [-0.05, 0) is 48.5 Å². The van der Waals surface area contributed by atoms with Gasteiger partial charge in [0.1, 0.15) is 10.9 Å². The Bertz CT molecular complexity index is 1020. The number of anilines is 1. The van der Waals surface area contributed by atoms with E-state index < -0.39 is 34.5 Å². The maximum Gasteiger partial charge on any atom is 0.341 e. The van der Waals surface area contributed by atoms with Crippen LogP contribution in [0.4, 0.5) is 17.1 Å². The molecule has 2 rings (SSSR count). The number of aliphatic carboxylic acids is 1. The second-order valence-electron chi connectivity index (χ2n) is 6.05. The Morgan fingerprint density at radius 1 is 1.10 bits per heavy atom. The third kappa shape index (κ3) is 6.34. The number of nitrogens with one attached hydrogen (secondary N) is 1. The molecule has 2 aromatic carbocycles. The van der Waals surface area contributed by atoms with Crippen molar-refractivity contribution in [3.8, 4) is 0 Å². The molecule has 0 spiro atoms. The summed E-state index contributed by atoms with van der Waals surface area (Å²) in [6, 6.07) is 10.8. The van der Waals surface area contributed by atoms with E-state index in [4.69, 9.17) is 10.8 Å². The summed E-state index contributed by atoms with van der Waals surface area (Å²) >= 11 is 0. The molecule has 0 bridgehead atoms. The van der Waals surface area contributed by atoms with Crippen LogP contribution in [0.5, 0.6) is 0 Å². The molecule has 0 saturated heterocycles. The number of nitrogens with two attached hydrogens (primary N) is 1. The number of azo groups is 1. The predicted octanol–water partition coefficient (Wildman–Crippen LogP) is 1.71. The van der Waals surface area contributed by atoms with Crippen LogP contribution in [0.3, 0.4) is 0 Å². The number of benzene rings is 2. The zero-order chi connectivity index (χ0) is 22.3. The predicted molar refractivity (Wildman–Crippen MR) is 108 cm³/mol. The van der Waals surface area contributed by atoms with Crippen molar-refractivity contribution in [2.75, 3.05) is 19.1 Å². The first kappa shape index (κ1) is 22.9. The zero-order valence-corrected chi connectivity index (χ0v) is 17.0. The summed E-state index contributed by atoms with van der Waals surface area (Å²) in [5, 5.41) is 18.5. The highest BCUT2D eigenvalue weighted by Crippen LogP contribution is 2.23. The largest absolute Gasteiger partial charge is 0.481 e. The van der Waals surface area contributed by atoms with Crippen molar-refractivity contribution in [1.82, 2.24) is 5.43 Å². The number of rotatable bonds is 9. The highest BCUT2D eigenvalue weighted by molar-refractivity contribution is 7.87. The van der Waals surface area contributed by atoms with Crippen LogP contribution in [0.1, 0.15) is 6.42 Å². The average molecular weight is 435 g/mol. The summed E-state index contributed by atoms with van der Waals surface area (Å²) in [6.07, 6.45) is -0.750. The Labute approximate surface area is 173 Å². The van der Waals surface area contributed by atoms with Crippen LogP contribution in [0.25, 0.3) is 0 Å². The summed E-state index contributed by atoms with van der Waals surface area (Å²) in [5.74, 6) is -2.70. The van der Waals surface area contributed by atoms with Gasteiger partial charge >= 0.3 is 22.1 Å². The molecule has 0 aliphatic rings. The van der Waals surface area contributed by atoms with Gasteiger partial charge in [-0.3, -0.25) is 4.79 Å². The van der Waals surface area contributed by atoms with Crippen LogP contribution < -0.4 is 16.2 Å². The Hall–Kier alpha value is -3.35. The number of carbonyl (C=O) groups is 2. The zero-order valence-electron chi connectivity index (χ0n) is 16.2. The van der Waals surface area contributed by atoms with Gasteiger partial charge < -0.3 is 20.0 Å². The first-order chi connectivity index (χ1) is 14.1. The molecule has 0 aliphatic heterocycles. The topological polar surface area (TPSA) is 164 Å². The van der Waals surface area contributed by atoms with Gasteiger partial charge in [-0.25, -0.2) is 10.2 Å². The highest BCUT2D eigenvalue weighted by atomic mass is 32.2. The molecule has 160 valence electrons. The monoisotopic (exact) mass is 435 g/mol. The smallest absolute Gasteiger partial charge is 0.341 e. The number of hydrogen-bond acceptors (Lipinski definition) is 10. The van der Waals surface area contributed by atoms with Crippen LogP contribution in [0, 0.1) is 0 Å². The van der Waals surface area contributed by atoms with Crippen molar-refractivity contribution in [2.24, 2.45) is 16.0 Å². The van der Waals surface area contributed by atoms with E-state index in [0.717, 1.165) is 5.69 Å². The van der Waals surface area contributed by atoms with E-state index in [9.17, 15) is 18.0 Å². The lowest BCUT2D eigenvalue weighted by Gasteiger charge is -2.16. The van der Waals surface area contributed by atoms with Gasteiger partial charge in [-0.15, -0.1) is 0 Å². The Kier molecular flexibility index (Phi) is 7.58. The number of carboxylic acid groups (broad SMARTS) is 1. The summed E-state index contributed by atoms with van der Waals surface area (Å²) in [6.45, 7) is 0. The van der Waals surface area contributed by atoms with Crippen LogP contribution in [0.2, 0.25) is 0 Å². The molecule has 0 heterocycles. The Balaban J connectivity index is 2.05. The number of carbonyl (C=O) groups excluding carboxylic acids is 1. The van der Waals surface area contributed by atoms with Crippen molar-refractivity contribution in [3.63, 3.8) is 0 Å². The second-order valence-corrected chi connectivity index (χ2v) is 7.60. The molecule has 2 aromatic rings. The van der Waals surface area contributed by atoms with Crippen molar-refractivity contribution < 1.29 is 27.3 Å². The molecule has 0 unspecified atom stereocenters. The maximum atomic E-state index is 12.1. The van der Waals surface area contributed by atoms with Gasteiger partial charge in [0.05, 0.1) is 23.5 Å². The lowest BCUT2D eigenvalue weighted by Crippen LogP contribution is -2.35. The fourth-order valence-electron chi connectivity index (χ4n) is 2.16. The van der Waals surface area contributed by atoms with Crippen LogP contribution in [-0.4, -0.2) is 45.6 Å². The second kappa shape index (κ2) is 9.91. The summed E-state index contributed by atoms with van der Waals surface area (Å²) in [5.41, 5.74) is 10.2. The van der Waals surface area contributed by atoms with Gasteiger partial charge in [-0.1, -0.05) is 0 Å². The van der Waals surface area contributed by atoms with Gasteiger partial charge in [0.15, 0.2) is 0 Å². The third-order valence-corrected chi connectivity index (χ3v) is 5.10. The van der Waals surface area contributed by atoms with Crippen LogP contribution >= 0.6 is 0 Å². The number of hydrogen-bond donors (Lipinski definition) is 3. The van der Waals surface area contributed by atoms with E-state index in [0.29, 0.717) is 11.4 Å². The Morgan fingerprint density at radius 3 is 2.07 bits per heavy atom. The van der Waals surface area contributed by atoms with Gasteiger partial charge in [0.2, 0.25) is 0 Å². The first-order valence-corrected chi connectivity index (χ1v) is 10.0. The quantitative estimate of drug-likeness (QED) is 0.302. The maximum absolute atomic E-state index is 12.1. The molecule has 0 radical (unpaired) electrons. The molecule has 0 aliphatic carbocycles. The highest BCUT2D eigenvalue weighted by Gasteiger charge is 2.26. The van der Waals surface area contributed by atoms with Crippen LogP contribution in [0.15, 0.2) is 63.7 Å². The average Bonchev–Trinajstić information content (AvgIpc) is 2.71. The standard InChI is InChI=1S/C18H21N5O6S/c1-20-23(2)14-7-3-12(4-8-14)21-22-13-5-9-15(10-6-13)30(27,28)29-18(26)16(19)11-17(24)25/h3-10,16,20H,11,19H2,1-2H3,(H,24,25)/t16-/m0/s1. The van der Waals surface area contributed by atoms with E-state index in [2.05, 4.69) is 19.8 Å². The molecular formula is C18H21N5O6S. The molecule has 1 atom stereocenters. The minimum Gasteiger partial charge on any atom is -0.481 e. The van der Waals surface area contributed by atoms with Crippen LogP contribution in [-0.2, 0) is 23.9 Å². The number of carboxylic acids is 1. The molecule has 0 amide bonds. The fraction of sp³-hybridized carbons (Fsp3) is 0.222. The third-order valence-electron chi connectivity index (χ3n) is 3.87. The van der Waals surface area contributed by atoms with E-state index >= 15 is 0 Å². The van der Waals surface area contributed by atoms with E-state index in [1.165, 1.54) is 24.3 Å². The van der Waals surface area contributed by atoms with E-state index in [1.54, 1.807) is 19.2 Å². The molecule has 0 saturated carbocycles. The molecule has 0 aromatic heterocycles. The molecular weight excluding hydrogens is 414 g/mol. The van der Waals surface area contributed by atoms with Gasteiger partial charge in [0.25, 0.3) is 0 Å². The van der Waals surface area contributed by atoms with E-state index in [-0.39, 0.29) is 4.90 Å². The Morgan fingerprint density at radius 2 is 1.60 bits per heavy atom. The van der Waals surface area contributed by atoms with Crippen molar-refractivity contribution in [3.05, 3.63) is 48.5 Å². The minimum atomic E-state index is -4.45. The molecule has 4 N–H and O–H groups in total. The summed E-state index contributed by atoms with van der Waals surface area (Å²) in [7, 11) is -0.786.